The number of nitrogen functional groups attached to an aromatic ring is 1. The molecular weight excluding hydrogens is 277 g/mol. The normalized spacial score (nSPS) is 15.1. The quantitative estimate of drug-likeness (QED) is 0.912. The Labute approximate surface area is 122 Å². The van der Waals surface area contributed by atoms with Crippen LogP contribution in [0.5, 0.6) is 0 Å². The van der Waals surface area contributed by atoms with Crippen LogP contribution in [0.4, 0.5) is 10.2 Å². The fourth-order valence-electron chi connectivity index (χ4n) is 2.44. The maximum Gasteiger partial charge on any atom is 0.142 e. The highest BCUT2D eigenvalue weighted by atomic mass is 35.5. The van der Waals surface area contributed by atoms with Gasteiger partial charge in [-0.05, 0) is 25.0 Å². The molecule has 3 rings (SSSR count). The Morgan fingerprint density at radius 1 is 1.40 bits per heavy atom. The van der Waals surface area contributed by atoms with E-state index in [0.717, 1.165) is 18.7 Å². The highest BCUT2D eigenvalue weighted by Gasteiger charge is 2.31. The van der Waals surface area contributed by atoms with E-state index in [-0.39, 0.29) is 10.9 Å². The number of anilines is 1. The molecule has 0 unspecified atom stereocenters. The van der Waals surface area contributed by atoms with Crippen LogP contribution in [0.3, 0.4) is 0 Å². The van der Waals surface area contributed by atoms with Crippen molar-refractivity contribution in [3.63, 3.8) is 0 Å². The standard InChI is InChI=1S/C15H17ClFN3/c1-8(2)15-19-13(14(18)20(15)10-4-5-10)9-3-6-11(16)12(17)7-9/h3,6-8,10H,4-5,18H2,1-2H3. The molecule has 3 nitrogen and oxygen atoms in total. The van der Waals surface area contributed by atoms with Crippen LogP contribution in [0.15, 0.2) is 18.2 Å². The maximum atomic E-state index is 13.6. The number of rotatable bonds is 3. The molecule has 1 heterocycles. The van der Waals surface area contributed by atoms with Gasteiger partial charge in [0.1, 0.15) is 23.2 Å². The number of hydrogen-bond acceptors (Lipinski definition) is 2. The number of imidazole rings is 1. The maximum absolute atomic E-state index is 13.6. The van der Waals surface area contributed by atoms with E-state index in [1.165, 1.54) is 12.1 Å². The molecule has 2 N–H and O–H groups in total. The van der Waals surface area contributed by atoms with Gasteiger partial charge in [0.2, 0.25) is 0 Å². The molecule has 0 amide bonds. The first-order chi connectivity index (χ1) is 9.49. The largest absolute Gasteiger partial charge is 0.383 e. The molecule has 0 radical (unpaired) electrons. The van der Waals surface area contributed by atoms with Crippen molar-refractivity contribution >= 4 is 17.4 Å². The van der Waals surface area contributed by atoms with E-state index in [4.69, 9.17) is 17.3 Å². The van der Waals surface area contributed by atoms with Crippen molar-refractivity contribution in [1.82, 2.24) is 9.55 Å². The second kappa shape index (κ2) is 4.77. The number of halogens is 2. The predicted octanol–water partition coefficient (Wildman–Crippen LogP) is 4.38. The van der Waals surface area contributed by atoms with Gasteiger partial charge in [0, 0.05) is 17.5 Å². The van der Waals surface area contributed by atoms with Gasteiger partial charge in [-0.3, -0.25) is 0 Å². The minimum Gasteiger partial charge on any atom is -0.383 e. The summed E-state index contributed by atoms with van der Waals surface area (Å²) in [5, 5.41) is 0.109. The smallest absolute Gasteiger partial charge is 0.142 e. The van der Waals surface area contributed by atoms with Crippen molar-refractivity contribution < 1.29 is 4.39 Å². The van der Waals surface area contributed by atoms with E-state index >= 15 is 0 Å². The van der Waals surface area contributed by atoms with Crippen LogP contribution >= 0.6 is 11.6 Å². The summed E-state index contributed by atoms with van der Waals surface area (Å²) >= 11 is 5.72. The fraction of sp³-hybridized carbons (Fsp3) is 0.400. The average Bonchev–Trinajstić information content (AvgIpc) is 3.16. The Hall–Kier alpha value is -1.55. The second-order valence-electron chi connectivity index (χ2n) is 5.59. The summed E-state index contributed by atoms with van der Waals surface area (Å²) in [5.74, 6) is 1.42. The zero-order valence-corrected chi connectivity index (χ0v) is 12.3. The minimum atomic E-state index is -0.448. The summed E-state index contributed by atoms with van der Waals surface area (Å²) < 4.78 is 15.7. The van der Waals surface area contributed by atoms with Crippen LogP contribution in [0, 0.1) is 5.82 Å². The topological polar surface area (TPSA) is 43.8 Å². The number of benzene rings is 1. The minimum absolute atomic E-state index is 0.109. The SMILES string of the molecule is CC(C)c1nc(-c2ccc(Cl)c(F)c2)c(N)n1C1CC1. The van der Waals surface area contributed by atoms with Gasteiger partial charge in [-0.2, -0.15) is 0 Å². The van der Waals surface area contributed by atoms with Crippen molar-refractivity contribution in [2.75, 3.05) is 5.73 Å². The molecule has 0 saturated heterocycles. The molecule has 0 spiro atoms. The van der Waals surface area contributed by atoms with Crippen LogP contribution in [-0.2, 0) is 0 Å². The molecule has 1 fully saturated rings. The lowest BCUT2D eigenvalue weighted by atomic mass is 10.1. The summed E-state index contributed by atoms with van der Waals surface area (Å²) in [7, 11) is 0. The molecule has 0 atom stereocenters. The van der Waals surface area contributed by atoms with Crippen LogP contribution in [0.1, 0.15) is 44.5 Å². The number of hydrogen-bond donors (Lipinski definition) is 1. The summed E-state index contributed by atoms with van der Waals surface area (Å²) in [5.41, 5.74) is 7.57. The Kier molecular flexibility index (Phi) is 3.21. The van der Waals surface area contributed by atoms with Gasteiger partial charge >= 0.3 is 0 Å². The molecule has 1 aliphatic carbocycles. The molecule has 20 heavy (non-hydrogen) atoms. The van der Waals surface area contributed by atoms with Gasteiger partial charge in [0.15, 0.2) is 0 Å². The van der Waals surface area contributed by atoms with Gasteiger partial charge < -0.3 is 10.3 Å². The van der Waals surface area contributed by atoms with E-state index in [0.29, 0.717) is 23.1 Å². The van der Waals surface area contributed by atoms with E-state index < -0.39 is 5.82 Å². The fourth-order valence-corrected chi connectivity index (χ4v) is 2.56. The van der Waals surface area contributed by atoms with Gasteiger partial charge in [-0.15, -0.1) is 0 Å². The first-order valence-electron chi connectivity index (χ1n) is 6.82. The lowest BCUT2D eigenvalue weighted by Gasteiger charge is -2.10. The van der Waals surface area contributed by atoms with Crippen molar-refractivity contribution in [3.8, 4) is 11.3 Å². The Morgan fingerprint density at radius 3 is 2.65 bits per heavy atom. The Bertz CT molecular complexity index is 659. The van der Waals surface area contributed by atoms with E-state index in [2.05, 4.69) is 23.4 Å². The number of nitrogens with two attached hydrogens (primary N) is 1. The molecule has 1 aromatic heterocycles. The first kappa shape index (κ1) is 13.4. The average molecular weight is 294 g/mol. The number of nitrogens with zero attached hydrogens (tertiary/aromatic N) is 2. The van der Waals surface area contributed by atoms with Gasteiger partial charge in [-0.1, -0.05) is 31.5 Å². The van der Waals surface area contributed by atoms with E-state index in [1.807, 2.05) is 0 Å². The summed E-state index contributed by atoms with van der Waals surface area (Å²) in [6, 6.07) is 5.14. The Morgan fingerprint density at radius 2 is 2.10 bits per heavy atom. The molecule has 0 aliphatic heterocycles. The van der Waals surface area contributed by atoms with Crippen LogP contribution < -0.4 is 5.73 Å². The van der Waals surface area contributed by atoms with Crippen LogP contribution in [-0.4, -0.2) is 9.55 Å². The highest BCUT2D eigenvalue weighted by Crippen LogP contribution is 2.42. The monoisotopic (exact) mass is 293 g/mol. The third-order valence-corrected chi connectivity index (χ3v) is 3.90. The third-order valence-electron chi connectivity index (χ3n) is 3.60. The summed E-state index contributed by atoms with van der Waals surface area (Å²) in [6.07, 6.45) is 2.27. The Balaban J connectivity index is 2.13. The molecule has 2 aromatic rings. The molecule has 1 saturated carbocycles. The summed E-state index contributed by atoms with van der Waals surface area (Å²) in [6.45, 7) is 4.18. The van der Waals surface area contributed by atoms with Crippen molar-refractivity contribution in [2.45, 2.75) is 38.6 Å². The van der Waals surface area contributed by atoms with Gasteiger partial charge in [-0.25, -0.2) is 9.37 Å². The molecular formula is C15H17ClFN3. The lowest BCUT2D eigenvalue weighted by molar-refractivity contribution is 0.628. The molecule has 106 valence electrons. The molecule has 1 aromatic carbocycles. The van der Waals surface area contributed by atoms with Crippen LogP contribution in [0.2, 0.25) is 5.02 Å². The van der Waals surface area contributed by atoms with Crippen molar-refractivity contribution in [1.29, 1.82) is 0 Å². The van der Waals surface area contributed by atoms with Gasteiger partial charge in [0.05, 0.1) is 5.02 Å². The molecule has 5 heteroatoms. The lowest BCUT2D eigenvalue weighted by Crippen LogP contribution is -2.06. The third kappa shape index (κ3) is 2.18. The summed E-state index contributed by atoms with van der Waals surface area (Å²) in [4.78, 5) is 4.64. The van der Waals surface area contributed by atoms with E-state index in [9.17, 15) is 4.39 Å². The van der Waals surface area contributed by atoms with Crippen molar-refractivity contribution in [3.05, 3.63) is 34.9 Å². The van der Waals surface area contributed by atoms with Gasteiger partial charge in [0.25, 0.3) is 0 Å². The van der Waals surface area contributed by atoms with Crippen LogP contribution in [0.25, 0.3) is 11.3 Å². The van der Waals surface area contributed by atoms with Crippen molar-refractivity contribution in [2.24, 2.45) is 0 Å². The predicted molar refractivity (Wildman–Crippen MR) is 79.4 cm³/mol. The zero-order valence-electron chi connectivity index (χ0n) is 11.5. The molecule has 0 bridgehead atoms. The second-order valence-corrected chi connectivity index (χ2v) is 6.00. The zero-order chi connectivity index (χ0) is 14.4. The number of aromatic nitrogens is 2. The molecule has 1 aliphatic rings. The highest BCUT2D eigenvalue weighted by molar-refractivity contribution is 6.30. The van der Waals surface area contributed by atoms with E-state index in [1.54, 1.807) is 6.07 Å². The first-order valence-corrected chi connectivity index (χ1v) is 7.20.